The maximum absolute atomic E-state index is 12.4. The molecule has 8 heteroatoms. The predicted octanol–water partition coefficient (Wildman–Crippen LogP) is 2.83. The highest BCUT2D eigenvalue weighted by Crippen LogP contribution is 2.22. The topological polar surface area (TPSA) is 93.5 Å². The van der Waals surface area contributed by atoms with Gasteiger partial charge in [-0.1, -0.05) is 23.7 Å². The van der Waals surface area contributed by atoms with Crippen LogP contribution in [0.1, 0.15) is 39.1 Å². The number of carbonyl (C=O) groups is 2. The van der Waals surface area contributed by atoms with Crippen LogP contribution in [0.3, 0.4) is 0 Å². The normalized spacial score (nSPS) is 10.6. The van der Waals surface area contributed by atoms with Gasteiger partial charge in [0.25, 0.3) is 11.8 Å². The molecule has 0 fully saturated rings. The number of rotatable bonds is 7. The number of anilines is 1. The van der Waals surface area contributed by atoms with Gasteiger partial charge in [-0.05, 0) is 31.5 Å². The highest BCUT2D eigenvalue weighted by atomic mass is 35.5. The minimum atomic E-state index is -0.330. The van der Waals surface area contributed by atoms with Crippen molar-refractivity contribution in [3.8, 4) is 0 Å². The number of amides is 2. The number of hydrogen-bond acceptors (Lipinski definition) is 5. The van der Waals surface area contributed by atoms with E-state index in [9.17, 15) is 9.59 Å². The number of methoxy groups -OCH3 is 1. The summed E-state index contributed by atoms with van der Waals surface area (Å²) in [5.41, 5.74) is 1.81. The summed E-state index contributed by atoms with van der Waals surface area (Å²) in [5.74, 6) is -0.179. The molecule has 2 N–H and O–H groups in total. The Balaban J connectivity index is 2.11. The van der Waals surface area contributed by atoms with Crippen molar-refractivity contribution >= 4 is 29.1 Å². The Hall–Kier alpha value is -2.38. The monoisotopic (exact) mass is 365 g/mol. The van der Waals surface area contributed by atoms with Gasteiger partial charge < -0.3 is 19.9 Å². The van der Waals surface area contributed by atoms with Crippen molar-refractivity contribution in [2.75, 3.05) is 25.6 Å². The summed E-state index contributed by atoms with van der Waals surface area (Å²) < 4.78 is 9.94. The molecule has 7 nitrogen and oxygen atoms in total. The van der Waals surface area contributed by atoms with Crippen LogP contribution < -0.4 is 10.6 Å². The van der Waals surface area contributed by atoms with Crippen LogP contribution in [0.25, 0.3) is 0 Å². The van der Waals surface area contributed by atoms with Gasteiger partial charge in [-0.15, -0.1) is 0 Å². The van der Waals surface area contributed by atoms with Gasteiger partial charge in [0.15, 0.2) is 0 Å². The molecular formula is C17H20ClN3O4. The first-order valence-electron chi connectivity index (χ1n) is 7.81. The van der Waals surface area contributed by atoms with Gasteiger partial charge in [0.05, 0.1) is 22.9 Å². The Bertz CT molecular complexity index is 773. The number of aromatic nitrogens is 1. The lowest BCUT2D eigenvalue weighted by atomic mass is 10.1. The molecule has 0 aliphatic rings. The van der Waals surface area contributed by atoms with Crippen LogP contribution in [0, 0.1) is 6.92 Å². The number of nitrogens with one attached hydrogen (secondary N) is 2. The third-order valence-electron chi connectivity index (χ3n) is 3.56. The number of ether oxygens (including phenoxy) is 1. The second-order valence-corrected chi connectivity index (χ2v) is 5.72. The summed E-state index contributed by atoms with van der Waals surface area (Å²) in [7, 11) is 1.55. The standard InChI is InChI=1S/C17H20ClN3O4/c1-4-14-15(10(2)25-21-14)17(23)20-11-5-6-12(13(18)9-11)16(22)19-7-8-24-3/h5-6,9H,4,7-8H2,1-3H3,(H,19,22)(H,20,23). The second-order valence-electron chi connectivity index (χ2n) is 5.31. The molecule has 0 atom stereocenters. The summed E-state index contributed by atoms with van der Waals surface area (Å²) in [5, 5.41) is 9.54. The van der Waals surface area contributed by atoms with Crippen LogP contribution in [0.4, 0.5) is 5.69 Å². The van der Waals surface area contributed by atoms with Gasteiger partial charge >= 0.3 is 0 Å². The molecule has 0 saturated carbocycles. The van der Waals surface area contributed by atoms with E-state index in [1.807, 2.05) is 6.92 Å². The zero-order valence-electron chi connectivity index (χ0n) is 14.3. The molecule has 2 aromatic rings. The van der Waals surface area contributed by atoms with E-state index in [1.165, 1.54) is 6.07 Å². The van der Waals surface area contributed by atoms with Crippen LogP contribution in [0.5, 0.6) is 0 Å². The molecular weight excluding hydrogens is 346 g/mol. The van der Waals surface area contributed by atoms with Crippen molar-refractivity contribution in [1.29, 1.82) is 0 Å². The lowest BCUT2D eigenvalue weighted by Crippen LogP contribution is -2.27. The summed E-state index contributed by atoms with van der Waals surface area (Å²) in [4.78, 5) is 24.5. The van der Waals surface area contributed by atoms with E-state index in [0.29, 0.717) is 47.8 Å². The quantitative estimate of drug-likeness (QED) is 0.736. The van der Waals surface area contributed by atoms with E-state index in [4.69, 9.17) is 20.9 Å². The number of hydrogen-bond donors (Lipinski definition) is 2. The summed E-state index contributed by atoms with van der Waals surface area (Å²) >= 11 is 6.16. The summed E-state index contributed by atoms with van der Waals surface area (Å²) in [6.45, 7) is 4.37. The predicted molar refractivity (Wildman–Crippen MR) is 94.2 cm³/mol. The van der Waals surface area contributed by atoms with Crippen molar-refractivity contribution in [2.45, 2.75) is 20.3 Å². The number of carbonyl (C=O) groups excluding carboxylic acids is 2. The van der Waals surface area contributed by atoms with Crippen LogP contribution in [-0.2, 0) is 11.2 Å². The van der Waals surface area contributed by atoms with Crippen LogP contribution in [0.15, 0.2) is 22.7 Å². The van der Waals surface area contributed by atoms with Crippen LogP contribution in [0.2, 0.25) is 5.02 Å². The molecule has 1 aromatic heterocycles. The first-order valence-corrected chi connectivity index (χ1v) is 8.18. The van der Waals surface area contributed by atoms with E-state index >= 15 is 0 Å². The van der Waals surface area contributed by atoms with Crippen molar-refractivity contribution < 1.29 is 18.8 Å². The molecule has 1 aromatic carbocycles. The Kier molecular flexibility index (Phi) is 6.55. The van der Waals surface area contributed by atoms with Crippen LogP contribution >= 0.6 is 11.6 Å². The molecule has 2 amide bonds. The summed E-state index contributed by atoms with van der Waals surface area (Å²) in [6, 6.07) is 4.70. The first kappa shape index (κ1) is 19.0. The van der Waals surface area contributed by atoms with E-state index in [0.717, 1.165) is 0 Å². The number of aryl methyl sites for hydroxylation is 2. The molecule has 0 unspecified atom stereocenters. The number of benzene rings is 1. The molecule has 0 aliphatic carbocycles. The molecule has 2 rings (SSSR count). The minimum Gasteiger partial charge on any atom is -0.383 e. The molecule has 0 bridgehead atoms. The second kappa shape index (κ2) is 8.64. The van der Waals surface area contributed by atoms with Crippen molar-refractivity contribution in [3.05, 3.63) is 45.8 Å². The van der Waals surface area contributed by atoms with Gasteiger partial charge in [-0.3, -0.25) is 9.59 Å². The zero-order valence-corrected chi connectivity index (χ0v) is 15.1. The average Bonchev–Trinajstić information content (AvgIpc) is 2.96. The fraction of sp³-hybridized carbons (Fsp3) is 0.353. The maximum Gasteiger partial charge on any atom is 0.261 e. The fourth-order valence-electron chi connectivity index (χ4n) is 2.28. The molecule has 1 heterocycles. The minimum absolute atomic E-state index is 0.241. The molecule has 0 aliphatic heterocycles. The van der Waals surface area contributed by atoms with Crippen molar-refractivity contribution in [1.82, 2.24) is 10.5 Å². The smallest absolute Gasteiger partial charge is 0.261 e. The van der Waals surface area contributed by atoms with Gasteiger partial charge in [0.2, 0.25) is 0 Å². The lowest BCUT2D eigenvalue weighted by Gasteiger charge is -2.09. The van der Waals surface area contributed by atoms with E-state index in [1.54, 1.807) is 26.2 Å². The molecule has 25 heavy (non-hydrogen) atoms. The average molecular weight is 366 g/mol. The summed E-state index contributed by atoms with van der Waals surface area (Å²) in [6.07, 6.45) is 0.585. The molecule has 0 radical (unpaired) electrons. The van der Waals surface area contributed by atoms with E-state index in [-0.39, 0.29) is 16.8 Å². The van der Waals surface area contributed by atoms with Crippen molar-refractivity contribution in [2.24, 2.45) is 0 Å². The Morgan fingerprint density at radius 3 is 2.72 bits per heavy atom. The maximum atomic E-state index is 12.4. The highest BCUT2D eigenvalue weighted by Gasteiger charge is 2.20. The molecule has 0 saturated heterocycles. The largest absolute Gasteiger partial charge is 0.383 e. The highest BCUT2D eigenvalue weighted by molar-refractivity contribution is 6.34. The van der Waals surface area contributed by atoms with Crippen molar-refractivity contribution in [3.63, 3.8) is 0 Å². The first-order chi connectivity index (χ1) is 12.0. The lowest BCUT2D eigenvalue weighted by molar-refractivity contribution is 0.0936. The zero-order chi connectivity index (χ0) is 18.4. The number of halogens is 1. The SMILES string of the molecule is CCc1noc(C)c1C(=O)Nc1ccc(C(=O)NCCOC)c(Cl)c1. The van der Waals surface area contributed by atoms with Crippen LogP contribution in [-0.4, -0.2) is 37.2 Å². The van der Waals surface area contributed by atoms with Gasteiger partial charge in [-0.2, -0.15) is 0 Å². The van der Waals surface area contributed by atoms with Gasteiger partial charge in [0.1, 0.15) is 11.3 Å². The van der Waals surface area contributed by atoms with E-state index < -0.39 is 0 Å². The third-order valence-corrected chi connectivity index (χ3v) is 3.87. The van der Waals surface area contributed by atoms with E-state index in [2.05, 4.69) is 15.8 Å². The third kappa shape index (κ3) is 4.58. The van der Waals surface area contributed by atoms with Gasteiger partial charge in [0, 0.05) is 19.3 Å². The van der Waals surface area contributed by atoms with Gasteiger partial charge in [-0.25, -0.2) is 0 Å². The number of nitrogens with zero attached hydrogens (tertiary/aromatic N) is 1. The Morgan fingerprint density at radius 2 is 2.08 bits per heavy atom. The molecule has 134 valence electrons. The Labute approximate surface area is 150 Å². The Morgan fingerprint density at radius 1 is 1.32 bits per heavy atom. The molecule has 0 spiro atoms. The fourth-order valence-corrected chi connectivity index (χ4v) is 2.55.